The van der Waals surface area contributed by atoms with Crippen LogP contribution < -0.4 is 14.8 Å². The maximum absolute atomic E-state index is 12.0. The van der Waals surface area contributed by atoms with Crippen molar-refractivity contribution in [3.05, 3.63) is 12.4 Å². The van der Waals surface area contributed by atoms with Crippen molar-refractivity contribution in [2.24, 2.45) is 0 Å². The number of hydrogen-bond acceptors (Lipinski definition) is 6. The number of hydrogen-bond donors (Lipinski definition) is 1. The van der Waals surface area contributed by atoms with Crippen LogP contribution in [0.15, 0.2) is 12.4 Å². The number of piperidine rings is 1. The third kappa shape index (κ3) is 4.57. The lowest BCUT2D eigenvalue weighted by Gasteiger charge is -2.32. The molecule has 2 amide bonds. The van der Waals surface area contributed by atoms with E-state index in [4.69, 9.17) is 9.47 Å². The van der Waals surface area contributed by atoms with Crippen molar-refractivity contribution < 1.29 is 19.1 Å². The summed E-state index contributed by atoms with van der Waals surface area (Å²) in [6.07, 6.45) is 4.55. The lowest BCUT2D eigenvalue weighted by Crippen LogP contribution is -2.47. The van der Waals surface area contributed by atoms with E-state index in [-0.39, 0.29) is 24.5 Å². The molecule has 1 atom stereocenters. The highest BCUT2D eigenvalue weighted by atomic mass is 16.5. The first kappa shape index (κ1) is 16.0. The summed E-state index contributed by atoms with van der Waals surface area (Å²) >= 11 is 0. The Kier molecular flexibility index (Phi) is 5.51. The fourth-order valence-electron chi connectivity index (χ4n) is 2.23. The molecule has 1 aromatic rings. The largest absolute Gasteiger partial charge is 0.480 e. The zero-order chi connectivity index (χ0) is 15.9. The Morgan fingerprint density at radius 3 is 2.91 bits per heavy atom. The van der Waals surface area contributed by atoms with Gasteiger partial charge in [-0.1, -0.05) is 0 Å². The van der Waals surface area contributed by atoms with Crippen molar-refractivity contribution in [1.29, 1.82) is 0 Å². The topological polar surface area (TPSA) is 93.7 Å². The van der Waals surface area contributed by atoms with Crippen LogP contribution in [-0.4, -0.2) is 59.5 Å². The molecule has 8 nitrogen and oxygen atoms in total. The Hall–Kier alpha value is -2.38. The van der Waals surface area contributed by atoms with Crippen LogP contribution in [0.1, 0.15) is 19.8 Å². The molecule has 0 spiro atoms. The minimum atomic E-state index is -0.218. The molecular formula is C14H20N4O4. The van der Waals surface area contributed by atoms with Crippen LogP contribution in [-0.2, 0) is 9.59 Å². The maximum atomic E-state index is 12.0. The van der Waals surface area contributed by atoms with Gasteiger partial charge in [-0.25, -0.2) is 0 Å². The number of likely N-dealkylation sites (tertiary alicyclic amines) is 1. The van der Waals surface area contributed by atoms with Crippen LogP contribution in [0.25, 0.3) is 0 Å². The fraction of sp³-hybridized carbons (Fsp3) is 0.571. The number of rotatable bonds is 5. The zero-order valence-electron chi connectivity index (χ0n) is 12.7. The summed E-state index contributed by atoms with van der Waals surface area (Å²) in [5.41, 5.74) is 0. The van der Waals surface area contributed by atoms with Crippen molar-refractivity contribution in [3.63, 3.8) is 0 Å². The SMILES string of the molecule is COc1cncc(OC2CCCN(C(=O)CNC(C)=O)C2)n1. The highest BCUT2D eigenvalue weighted by molar-refractivity contribution is 5.83. The summed E-state index contributed by atoms with van der Waals surface area (Å²) in [6, 6.07) is 0. The number of nitrogens with one attached hydrogen (secondary N) is 1. The van der Waals surface area contributed by atoms with Crippen molar-refractivity contribution in [3.8, 4) is 11.8 Å². The van der Waals surface area contributed by atoms with Gasteiger partial charge < -0.3 is 19.7 Å². The minimum Gasteiger partial charge on any atom is -0.480 e. The van der Waals surface area contributed by atoms with Crippen molar-refractivity contribution in [1.82, 2.24) is 20.2 Å². The van der Waals surface area contributed by atoms with Crippen molar-refractivity contribution in [2.45, 2.75) is 25.9 Å². The highest BCUT2D eigenvalue weighted by Crippen LogP contribution is 2.18. The van der Waals surface area contributed by atoms with Gasteiger partial charge in [-0.3, -0.25) is 14.6 Å². The molecular weight excluding hydrogens is 288 g/mol. The molecule has 0 bridgehead atoms. The zero-order valence-corrected chi connectivity index (χ0v) is 12.7. The molecule has 1 unspecified atom stereocenters. The average Bonchev–Trinajstić information content (AvgIpc) is 2.53. The van der Waals surface area contributed by atoms with Gasteiger partial charge in [0.1, 0.15) is 6.10 Å². The Morgan fingerprint density at radius 1 is 1.41 bits per heavy atom. The van der Waals surface area contributed by atoms with Crippen molar-refractivity contribution >= 4 is 11.8 Å². The van der Waals surface area contributed by atoms with Gasteiger partial charge in [0.25, 0.3) is 0 Å². The molecule has 2 rings (SSSR count). The van der Waals surface area contributed by atoms with Gasteiger partial charge in [-0.2, -0.15) is 4.98 Å². The predicted octanol–water partition coefficient (Wildman–Crippen LogP) is -0.00890. The molecule has 0 aliphatic carbocycles. The van der Waals surface area contributed by atoms with Crippen molar-refractivity contribution in [2.75, 3.05) is 26.7 Å². The fourth-order valence-corrected chi connectivity index (χ4v) is 2.23. The molecule has 0 aromatic carbocycles. The van der Waals surface area contributed by atoms with Gasteiger partial charge in [-0.05, 0) is 12.8 Å². The number of nitrogens with zero attached hydrogens (tertiary/aromatic N) is 3. The van der Waals surface area contributed by atoms with Crippen LogP contribution in [0, 0.1) is 0 Å². The van der Waals surface area contributed by atoms with E-state index in [0.29, 0.717) is 24.8 Å². The first-order chi connectivity index (χ1) is 10.6. The van der Waals surface area contributed by atoms with Crippen LogP contribution in [0.5, 0.6) is 11.8 Å². The van der Waals surface area contributed by atoms with E-state index in [1.54, 1.807) is 4.90 Å². The second-order valence-corrected chi connectivity index (χ2v) is 5.03. The van der Waals surface area contributed by atoms with E-state index in [1.807, 2.05) is 0 Å². The van der Waals surface area contributed by atoms with E-state index in [2.05, 4.69) is 15.3 Å². The smallest absolute Gasteiger partial charge is 0.242 e. The van der Waals surface area contributed by atoms with Gasteiger partial charge in [0, 0.05) is 13.5 Å². The Balaban J connectivity index is 1.89. The van der Waals surface area contributed by atoms with Gasteiger partial charge in [0.15, 0.2) is 0 Å². The standard InChI is InChI=1S/C14H20N4O4/c1-10(19)16-8-14(20)18-5-3-4-11(9-18)22-13-7-15-6-12(17-13)21-2/h6-7,11H,3-5,8-9H2,1-2H3,(H,16,19). The molecule has 1 aliphatic heterocycles. The van der Waals surface area contributed by atoms with Crippen LogP contribution in [0.4, 0.5) is 0 Å². The van der Waals surface area contributed by atoms with E-state index in [0.717, 1.165) is 12.8 Å². The average molecular weight is 308 g/mol. The molecule has 1 fully saturated rings. The number of methoxy groups -OCH3 is 1. The number of amides is 2. The number of aromatic nitrogens is 2. The summed E-state index contributed by atoms with van der Waals surface area (Å²) in [4.78, 5) is 32.7. The lowest BCUT2D eigenvalue weighted by atomic mass is 10.1. The molecule has 0 saturated carbocycles. The van der Waals surface area contributed by atoms with Gasteiger partial charge in [0.05, 0.1) is 32.6 Å². The number of ether oxygens (including phenoxy) is 2. The quantitative estimate of drug-likeness (QED) is 0.822. The molecule has 1 saturated heterocycles. The number of carbonyl (C=O) groups is 2. The van der Waals surface area contributed by atoms with E-state index < -0.39 is 0 Å². The molecule has 1 N–H and O–H groups in total. The maximum Gasteiger partial charge on any atom is 0.242 e. The number of carbonyl (C=O) groups excluding carboxylic acids is 2. The van der Waals surface area contributed by atoms with Crippen LogP contribution in [0.2, 0.25) is 0 Å². The Labute approximate surface area is 128 Å². The van der Waals surface area contributed by atoms with Gasteiger partial charge >= 0.3 is 0 Å². The summed E-state index contributed by atoms with van der Waals surface area (Å²) in [5, 5.41) is 2.51. The molecule has 2 heterocycles. The normalized spacial score (nSPS) is 17.7. The molecule has 1 aromatic heterocycles. The van der Waals surface area contributed by atoms with Gasteiger partial charge in [0.2, 0.25) is 23.6 Å². The second kappa shape index (κ2) is 7.58. The summed E-state index contributed by atoms with van der Waals surface area (Å²) in [7, 11) is 1.51. The van der Waals surface area contributed by atoms with Crippen LogP contribution >= 0.6 is 0 Å². The minimum absolute atomic E-state index is 0.0149. The molecule has 8 heteroatoms. The third-order valence-electron chi connectivity index (χ3n) is 3.31. The first-order valence-electron chi connectivity index (χ1n) is 7.13. The molecule has 120 valence electrons. The summed E-state index contributed by atoms with van der Waals surface area (Å²) < 4.78 is 10.8. The predicted molar refractivity (Wildman–Crippen MR) is 77.5 cm³/mol. The van der Waals surface area contributed by atoms with E-state index in [1.165, 1.54) is 26.4 Å². The van der Waals surface area contributed by atoms with E-state index >= 15 is 0 Å². The first-order valence-corrected chi connectivity index (χ1v) is 7.13. The molecule has 22 heavy (non-hydrogen) atoms. The summed E-state index contributed by atoms with van der Waals surface area (Å²) in [6.45, 7) is 2.54. The third-order valence-corrected chi connectivity index (χ3v) is 3.31. The second-order valence-electron chi connectivity index (χ2n) is 5.03. The van der Waals surface area contributed by atoms with Crippen LogP contribution in [0.3, 0.4) is 0 Å². The monoisotopic (exact) mass is 308 g/mol. The van der Waals surface area contributed by atoms with Gasteiger partial charge in [-0.15, -0.1) is 0 Å². The van der Waals surface area contributed by atoms with E-state index in [9.17, 15) is 9.59 Å². The molecule has 1 aliphatic rings. The lowest BCUT2D eigenvalue weighted by molar-refractivity contribution is -0.134. The highest BCUT2D eigenvalue weighted by Gasteiger charge is 2.25. The Morgan fingerprint density at radius 2 is 2.18 bits per heavy atom. The Bertz CT molecular complexity index is 537. The summed E-state index contributed by atoms with van der Waals surface area (Å²) in [5.74, 6) is 0.428. The molecule has 0 radical (unpaired) electrons.